The zero-order valence-electron chi connectivity index (χ0n) is 29.8. The second kappa shape index (κ2) is 13.8. The summed E-state index contributed by atoms with van der Waals surface area (Å²) in [6.07, 6.45) is 11.2. The van der Waals surface area contributed by atoms with Crippen molar-refractivity contribution in [3.63, 3.8) is 0 Å². The highest BCUT2D eigenvalue weighted by molar-refractivity contribution is 6.13. The fourth-order valence-electron chi connectivity index (χ4n) is 7.59. The zero-order valence-corrected chi connectivity index (χ0v) is 29.8. The van der Waals surface area contributed by atoms with E-state index in [1.165, 1.54) is 11.1 Å². The van der Waals surface area contributed by atoms with E-state index < -0.39 is 0 Å². The molecule has 0 N–H and O–H groups in total. The van der Waals surface area contributed by atoms with Crippen molar-refractivity contribution in [3.05, 3.63) is 201 Å². The Morgan fingerprint density at radius 2 is 0.655 bits per heavy atom. The highest BCUT2D eigenvalue weighted by Crippen LogP contribution is 2.43. The number of fused-ring (bicyclic) bond motifs is 3. The number of nitrogens with zero attached hydrogens (tertiary/aromatic N) is 3. The van der Waals surface area contributed by atoms with Crippen molar-refractivity contribution in [2.24, 2.45) is 0 Å². The van der Waals surface area contributed by atoms with Crippen LogP contribution in [0.15, 0.2) is 205 Å². The molecule has 0 aliphatic heterocycles. The molecule has 4 heterocycles. The summed E-state index contributed by atoms with van der Waals surface area (Å²) in [6.45, 7) is 0. The number of benzene rings is 6. The van der Waals surface area contributed by atoms with Crippen LogP contribution in [0.1, 0.15) is 0 Å². The summed E-state index contributed by atoms with van der Waals surface area (Å²) in [7, 11) is 0. The first-order valence-corrected chi connectivity index (χ1v) is 18.4. The van der Waals surface area contributed by atoms with Crippen LogP contribution in [-0.4, -0.2) is 15.0 Å². The SMILES string of the molecule is c1ccc(-c2ccc(-c3cccc4c3oc3c(-c5cc(-c6cccnc6)cc(-c6cc(-c7cccnc7)cc(-c7cccnc7)c6)c5)cccc34)cc2)cc1. The Balaban J connectivity index is 1.15. The minimum absolute atomic E-state index is 0.861. The summed E-state index contributed by atoms with van der Waals surface area (Å²) in [6, 6.07) is 57.9. The van der Waals surface area contributed by atoms with Gasteiger partial charge in [0.1, 0.15) is 11.2 Å². The number of rotatable bonds is 7. The van der Waals surface area contributed by atoms with Gasteiger partial charge in [-0.25, -0.2) is 0 Å². The molecule has 6 aromatic carbocycles. The fraction of sp³-hybridized carbons (Fsp3) is 0. The van der Waals surface area contributed by atoms with E-state index in [9.17, 15) is 0 Å². The first kappa shape index (κ1) is 32.2. The molecule has 0 atom stereocenters. The molecular weight excluding hydrogens is 671 g/mol. The number of hydrogen-bond donors (Lipinski definition) is 0. The first-order valence-electron chi connectivity index (χ1n) is 18.4. The number of hydrogen-bond acceptors (Lipinski definition) is 4. The average Bonchev–Trinajstić information content (AvgIpc) is 3.67. The van der Waals surface area contributed by atoms with Crippen LogP contribution < -0.4 is 0 Å². The molecule has 10 aromatic rings. The first-order chi connectivity index (χ1) is 27.2. The van der Waals surface area contributed by atoms with Crippen LogP contribution in [0.5, 0.6) is 0 Å². The van der Waals surface area contributed by atoms with Gasteiger partial charge in [-0.15, -0.1) is 0 Å². The van der Waals surface area contributed by atoms with Gasteiger partial charge in [-0.1, -0.05) is 109 Å². The van der Waals surface area contributed by atoms with Gasteiger partial charge in [-0.3, -0.25) is 15.0 Å². The van der Waals surface area contributed by atoms with Crippen molar-refractivity contribution in [1.29, 1.82) is 0 Å². The lowest BCUT2D eigenvalue weighted by molar-refractivity contribution is 0.671. The average molecular weight is 704 g/mol. The standard InChI is InChI=1S/C51H33N3O/c1-2-9-34(10-3-1)35-18-20-36(21-19-35)46-14-4-16-48-49-17-5-15-47(51(49)55-50(46)48)45-29-42(39-13-8-24-54-33-39)28-44(30-45)43-26-40(37-11-6-22-52-31-37)25-41(27-43)38-12-7-23-53-32-38/h1-33H. The lowest BCUT2D eigenvalue weighted by Gasteiger charge is -2.14. The monoisotopic (exact) mass is 703 g/mol. The zero-order chi connectivity index (χ0) is 36.6. The van der Waals surface area contributed by atoms with Gasteiger partial charge < -0.3 is 4.42 Å². The van der Waals surface area contributed by atoms with Gasteiger partial charge in [0.2, 0.25) is 0 Å². The van der Waals surface area contributed by atoms with E-state index in [0.717, 1.165) is 88.7 Å². The molecule has 0 saturated heterocycles. The van der Waals surface area contributed by atoms with Gasteiger partial charge in [0.15, 0.2) is 0 Å². The number of pyridine rings is 3. The maximum Gasteiger partial charge on any atom is 0.143 e. The van der Waals surface area contributed by atoms with Gasteiger partial charge in [-0.2, -0.15) is 0 Å². The molecule has 0 spiro atoms. The largest absolute Gasteiger partial charge is 0.455 e. The Kier molecular flexibility index (Phi) is 8.12. The molecule has 0 fully saturated rings. The van der Waals surface area contributed by atoms with Crippen molar-refractivity contribution in [1.82, 2.24) is 15.0 Å². The van der Waals surface area contributed by atoms with E-state index >= 15 is 0 Å². The molecule has 0 aliphatic carbocycles. The van der Waals surface area contributed by atoms with Crippen LogP contribution in [0, 0.1) is 0 Å². The molecular formula is C51H33N3O. The van der Waals surface area contributed by atoms with Gasteiger partial charge in [0, 0.05) is 75.8 Å². The van der Waals surface area contributed by atoms with E-state index in [0.29, 0.717) is 0 Å². The van der Waals surface area contributed by atoms with Gasteiger partial charge >= 0.3 is 0 Å². The maximum absolute atomic E-state index is 6.96. The predicted molar refractivity (Wildman–Crippen MR) is 225 cm³/mol. The van der Waals surface area contributed by atoms with Crippen LogP contribution in [0.2, 0.25) is 0 Å². The molecule has 0 saturated carbocycles. The van der Waals surface area contributed by atoms with E-state index in [2.05, 4.69) is 154 Å². The van der Waals surface area contributed by atoms with Gasteiger partial charge in [0.05, 0.1) is 0 Å². The molecule has 0 aliphatic rings. The summed E-state index contributed by atoms with van der Waals surface area (Å²) >= 11 is 0. The van der Waals surface area contributed by atoms with E-state index in [-0.39, 0.29) is 0 Å². The molecule has 10 rings (SSSR count). The quantitative estimate of drug-likeness (QED) is 0.166. The fourth-order valence-corrected chi connectivity index (χ4v) is 7.59. The molecule has 4 nitrogen and oxygen atoms in total. The molecule has 4 heteroatoms. The Morgan fingerprint density at radius 1 is 0.273 bits per heavy atom. The third-order valence-electron chi connectivity index (χ3n) is 10.3. The molecule has 4 aromatic heterocycles. The summed E-state index contributed by atoms with van der Waals surface area (Å²) in [5, 5.41) is 2.18. The lowest BCUT2D eigenvalue weighted by Crippen LogP contribution is -1.90. The Labute approximate surface area is 319 Å². The van der Waals surface area contributed by atoms with Crippen molar-refractivity contribution < 1.29 is 4.42 Å². The maximum atomic E-state index is 6.96. The summed E-state index contributed by atoms with van der Waals surface area (Å²) in [5.74, 6) is 0. The number of para-hydroxylation sites is 2. The Morgan fingerprint density at radius 3 is 1.11 bits per heavy atom. The topological polar surface area (TPSA) is 51.8 Å². The van der Waals surface area contributed by atoms with Crippen LogP contribution in [-0.2, 0) is 0 Å². The summed E-state index contributed by atoms with van der Waals surface area (Å²) in [4.78, 5) is 13.3. The number of aromatic nitrogens is 3. The molecule has 0 unspecified atom stereocenters. The number of furan rings is 1. The third-order valence-corrected chi connectivity index (χ3v) is 10.3. The highest BCUT2D eigenvalue weighted by Gasteiger charge is 2.18. The van der Waals surface area contributed by atoms with E-state index in [1.807, 2.05) is 61.4 Å². The van der Waals surface area contributed by atoms with Crippen molar-refractivity contribution in [2.75, 3.05) is 0 Å². The molecule has 0 radical (unpaired) electrons. The van der Waals surface area contributed by atoms with Gasteiger partial charge in [-0.05, 0) is 105 Å². The summed E-state index contributed by atoms with van der Waals surface area (Å²) in [5.41, 5.74) is 17.0. The van der Waals surface area contributed by atoms with Gasteiger partial charge in [0.25, 0.3) is 0 Å². The van der Waals surface area contributed by atoms with Crippen molar-refractivity contribution in [3.8, 4) is 77.9 Å². The van der Waals surface area contributed by atoms with Crippen LogP contribution in [0.25, 0.3) is 99.8 Å². The van der Waals surface area contributed by atoms with Crippen LogP contribution in [0.4, 0.5) is 0 Å². The third kappa shape index (κ3) is 6.16. The van der Waals surface area contributed by atoms with Crippen molar-refractivity contribution in [2.45, 2.75) is 0 Å². The minimum Gasteiger partial charge on any atom is -0.455 e. The second-order valence-corrected chi connectivity index (χ2v) is 13.7. The second-order valence-electron chi connectivity index (χ2n) is 13.7. The van der Waals surface area contributed by atoms with E-state index in [4.69, 9.17) is 4.42 Å². The van der Waals surface area contributed by atoms with Crippen LogP contribution in [0.3, 0.4) is 0 Å². The summed E-state index contributed by atoms with van der Waals surface area (Å²) < 4.78 is 6.96. The van der Waals surface area contributed by atoms with E-state index in [1.54, 1.807) is 0 Å². The Bertz CT molecular complexity index is 2880. The van der Waals surface area contributed by atoms with Crippen LogP contribution >= 0.6 is 0 Å². The lowest BCUT2D eigenvalue weighted by atomic mass is 9.90. The minimum atomic E-state index is 0.861. The molecule has 0 bridgehead atoms. The van der Waals surface area contributed by atoms with Crippen molar-refractivity contribution >= 4 is 21.9 Å². The molecule has 55 heavy (non-hydrogen) atoms. The molecule has 258 valence electrons. The molecule has 0 amide bonds. The predicted octanol–water partition coefficient (Wildman–Crippen LogP) is 13.4. The Hall–Kier alpha value is -7.43. The highest BCUT2D eigenvalue weighted by atomic mass is 16.3. The normalized spacial score (nSPS) is 11.3. The smallest absolute Gasteiger partial charge is 0.143 e.